The molecule has 0 saturated carbocycles. The summed E-state index contributed by atoms with van der Waals surface area (Å²) in [6, 6.07) is 14.4. The van der Waals surface area contributed by atoms with Crippen LogP contribution in [-0.4, -0.2) is 9.97 Å². The largest absolute Gasteiger partial charge is 0.368 e. The lowest BCUT2D eigenvalue weighted by Crippen LogP contribution is -2.04. The van der Waals surface area contributed by atoms with Crippen LogP contribution in [0, 0.1) is 20.8 Å². The molecule has 3 aromatic rings. The van der Waals surface area contributed by atoms with E-state index < -0.39 is 0 Å². The number of nitrogens with one attached hydrogen (secondary N) is 1. The second-order valence-electron chi connectivity index (χ2n) is 5.76. The molecule has 23 heavy (non-hydrogen) atoms. The van der Waals surface area contributed by atoms with E-state index in [9.17, 15) is 0 Å². The van der Waals surface area contributed by atoms with Crippen molar-refractivity contribution in [3.05, 3.63) is 65.4 Å². The first kappa shape index (κ1) is 15.0. The van der Waals surface area contributed by atoms with E-state index in [4.69, 9.17) is 5.73 Å². The van der Waals surface area contributed by atoms with E-state index in [1.807, 2.05) is 30.3 Å². The molecule has 0 aliphatic rings. The molecular formula is C19H20N4. The Bertz CT molecular complexity index is 818. The van der Waals surface area contributed by atoms with Gasteiger partial charge in [-0.25, -0.2) is 4.98 Å². The van der Waals surface area contributed by atoms with Crippen LogP contribution in [0.2, 0.25) is 0 Å². The number of nitrogens with zero attached hydrogens (tertiary/aromatic N) is 2. The van der Waals surface area contributed by atoms with Crippen LogP contribution in [0.15, 0.2) is 48.7 Å². The standard InChI is InChI=1S/C19H20N4/c1-12-9-13(2)17(14(3)10-12)22-18-16(11-21-19(20)23-18)15-7-5-4-6-8-15/h4-11H,1-3H3,(H3,20,21,22,23). The highest BCUT2D eigenvalue weighted by Crippen LogP contribution is 2.31. The van der Waals surface area contributed by atoms with Crippen molar-refractivity contribution in [1.29, 1.82) is 0 Å². The van der Waals surface area contributed by atoms with Gasteiger partial charge in [0.1, 0.15) is 5.82 Å². The molecule has 0 aliphatic heterocycles. The number of aryl methyl sites for hydroxylation is 3. The summed E-state index contributed by atoms with van der Waals surface area (Å²) < 4.78 is 0. The van der Waals surface area contributed by atoms with E-state index in [2.05, 4.69) is 48.2 Å². The molecule has 2 aromatic carbocycles. The van der Waals surface area contributed by atoms with Crippen molar-refractivity contribution < 1.29 is 0 Å². The molecule has 3 rings (SSSR count). The molecule has 0 saturated heterocycles. The van der Waals surface area contributed by atoms with Gasteiger partial charge in [-0.1, -0.05) is 48.0 Å². The molecule has 0 atom stereocenters. The minimum absolute atomic E-state index is 0.259. The zero-order chi connectivity index (χ0) is 16.4. The summed E-state index contributed by atoms with van der Waals surface area (Å²) in [5.74, 6) is 0.980. The molecule has 0 spiro atoms. The van der Waals surface area contributed by atoms with Crippen molar-refractivity contribution in [2.45, 2.75) is 20.8 Å². The van der Waals surface area contributed by atoms with Crippen LogP contribution in [0.3, 0.4) is 0 Å². The summed E-state index contributed by atoms with van der Waals surface area (Å²) in [6.45, 7) is 6.28. The van der Waals surface area contributed by atoms with Gasteiger partial charge in [0.2, 0.25) is 5.95 Å². The molecule has 0 bridgehead atoms. The fourth-order valence-corrected chi connectivity index (χ4v) is 2.82. The number of rotatable bonds is 3. The lowest BCUT2D eigenvalue weighted by molar-refractivity contribution is 1.18. The van der Waals surface area contributed by atoms with Gasteiger partial charge in [-0.2, -0.15) is 4.98 Å². The van der Waals surface area contributed by atoms with Crippen molar-refractivity contribution in [1.82, 2.24) is 9.97 Å². The number of hydrogen-bond donors (Lipinski definition) is 2. The second kappa shape index (κ2) is 6.08. The summed E-state index contributed by atoms with van der Waals surface area (Å²) in [6.07, 6.45) is 1.76. The molecule has 116 valence electrons. The van der Waals surface area contributed by atoms with Crippen molar-refractivity contribution in [2.75, 3.05) is 11.1 Å². The number of nitrogen functional groups attached to an aromatic ring is 1. The lowest BCUT2D eigenvalue weighted by atomic mass is 10.0. The summed E-state index contributed by atoms with van der Waals surface area (Å²) in [5, 5.41) is 3.44. The Morgan fingerprint density at radius 3 is 2.26 bits per heavy atom. The predicted molar refractivity (Wildman–Crippen MR) is 95.8 cm³/mol. The third-order valence-corrected chi connectivity index (χ3v) is 3.81. The molecule has 4 nitrogen and oxygen atoms in total. The summed E-state index contributed by atoms with van der Waals surface area (Å²) in [5.41, 5.74) is 12.4. The van der Waals surface area contributed by atoms with Gasteiger partial charge in [-0.05, 0) is 37.5 Å². The van der Waals surface area contributed by atoms with Gasteiger partial charge in [0.25, 0.3) is 0 Å². The Kier molecular flexibility index (Phi) is 3.98. The molecule has 4 heteroatoms. The number of benzene rings is 2. The van der Waals surface area contributed by atoms with E-state index in [0.717, 1.165) is 22.6 Å². The Hall–Kier alpha value is -2.88. The highest BCUT2D eigenvalue weighted by atomic mass is 15.1. The third-order valence-electron chi connectivity index (χ3n) is 3.81. The maximum Gasteiger partial charge on any atom is 0.221 e. The van der Waals surface area contributed by atoms with Crippen LogP contribution in [0.5, 0.6) is 0 Å². The first-order chi connectivity index (χ1) is 11.0. The summed E-state index contributed by atoms with van der Waals surface area (Å²) >= 11 is 0. The maximum atomic E-state index is 5.80. The monoisotopic (exact) mass is 304 g/mol. The van der Waals surface area contributed by atoms with Crippen molar-refractivity contribution in [3.8, 4) is 11.1 Å². The predicted octanol–water partition coefficient (Wildman–Crippen LogP) is 4.39. The lowest BCUT2D eigenvalue weighted by Gasteiger charge is -2.16. The van der Waals surface area contributed by atoms with E-state index in [1.165, 1.54) is 16.7 Å². The van der Waals surface area contributed by atoms with E-state index in [-0.39, 0.29) is 5.95 Å². The third kappa shape index (κ3) is 3.16. The molecule has 0 radical (unpaired) electrons. The zero-order valence-corrected chi connectivity index (χ0v) is 13.6. The first-order valence-electron chi connectivity index (χ1n) is 7.57. The quantitative estimate of drug-likeness (QED) is 0.753. The molecule has 1 heterocycles. The van der Waals surface area contributed by atoms with Crippen LogP contribution in [0.4, 0.5) is 17.5 Å². The Morgan fingerprint density at radius 1 is 0.957 bits per heavy atom. The SMILES string of the molecule is Cc1cc(C)c(Nc2nc(N)ncc2-c2ccccc2)c(C)c1. The highest BCUT2D eigenvalue weighted by molar-refractivity contribution is 5.79. The minimum atomic E-state index is 0.259. The summed E-state index contributed by atoms with van der Waals surface area (Å²) in [7, 11) is 0. The van der Waals surface area contributed by atoms with Crippen LogP contribution in [-0.2, 0) is 0 Å². The number of hydrogen-bond acceptors (Lipinski definition) is 4. The van der Waals surface area contributed by atoms with Gasteiger partial charge < -0.3 is 11.1 Å². The minimum Gasteiger partial charge on any atom is -0.368 e. The van der Waals surface area contributed by atoms with E-state index >= 15 is 0 Å². The van der Waals surface area contributed by atoms with Crippen LogP contribution in [0.25, 0.3) is 11.1 Å². The molecular weight excluding hydrogens is 284 g/mol. The Balaban J connectivity index is 2.09. The van der Waals surface area contributed by atoms with Gasteiger partial charge in [-0.3, -0.25) is 0 Å². The van der Waals surface area contributed by atoms with E-state index in [1.54, 1.807) is 6.20 Å². The highest BCUT2D eigenvalue weighted by Gasteiger charge is 2.11. The second-order valence-corrected chi connectivity index (χ2v) is 5.76. The Morgan fingerprint density at radius 2 is 1.61 bits per heavy atom. The molecule has 0 aliphatic carbocycles. The van der Waals surface area contributed by atoms with Crippen LogP contribution >= 0.6 is 0 Å². The van der Waals surface area contributed by atoms with E-state index in [0.29, 0.717) is 0 Å². The van der Waals surface area contributed by atoms with Gasteiger partial charge in [-0.15, -0.1) is 0 Å². The molecule has 0 amide bonds. The smallest absolute Gasteiger partial charge is 0.221 e. The molecule has 0 unspecified atom stereocenters. The first-order valence-corrected chi connectivity index (χ1v) is 7.57. The molecule has 0 fully saturated rings. The Labute approximate surface area is 136 Å². The normalized spacial score (nSPS) is 10.6. The topological polar surface area (TPSA) is 63.8 Å². The maximum absolute atomic E-state index is 5.80. The number of anilines is 3. The number of aromatic nitrogens is 2. The van der Waals surface area contributed by atoms with Crippen LogP contribution < -0.4 is 11.1 Å². The van der Waals surface area contributed by atoms with Crippen LogP contribution in [0.1, 0.15) is 16.7 Å². The molecule has 1 aromatic heterocycles. The van der Waals surface area contributed by atoms with Gasteiger partial charge >= 0.3 is 0 Å². The fourth-order valence-electron chi connectivity index (χ4n) is 2.82. The van der Waals surface area contributed by atoms with Gasteiger partial charge in [0, 0.05) is 17.4 Å². The molecule has 3 N–H and O–H groups in total. The number of nitrogens with two attached hydrogens (primary N) is 1. The zero-order valence-electron chi connectivity index (χ0n) is 13.6. The summed E-state index contributed by atoms with van der Waals surface area (Å²) in [4.78, 5) is 8.55. The fraction of sp³-hybridized carbons (Fsp3) is 0.158. The van der Waals surface area contributed by atoms with Crippen molar-refractivity contribution >= 4 is 17.5 Å². The van der Waals surface area contributed by atoms with Gasteiger partial charge in [0.05, 0.1) is 0 Å². The average Bonchev–Trinajstić information content (AvgIpc) is 2.52. The van der Waals surface area contributed by atoms with Crippen molar-refractivity contribution in [3.63, 3.8) is 0 Å². The van der Waals surface area contributed by atoms with Crippen molar-refractivity contribution in [2.24, 2.45) is 0 Å². The average molecular weight is 304 g/mol. The van der Waals surface area contributed by atoms with Gasteiger partial charge in [0.15, 0.2) is 0 Å².